The summed E-state index contributed by atoms with van der Waals surface area (Å²) < 4.78 is 5.25. The van der Waals surface area contributed by atoms with E-state index in [0.29, 0.717) is 11.5 Å². The Morgan fingerprint density at radius 1 is 1.17 bits per heavy atom. The topological polar surface area (TPSA) is 52.3 Å². The van der Waals surface area contributed by atoms with Gasteiger partial charge in [-0.15, -0.1) is 0 Å². The molecule has 2 atom stereocenters. The number of benzene rings is 2. The van der Waals surface area contributed by atoms with Crippen molar-refractivity contribution in [1.29, 1.82) is 0 Å². The minimum absolute atomic E-state index is 0.242. The van der Waals surface area contributed by atoms with Crippen molar-refractivity contribution in [1.82, 2.24) is 0 Å². The maximum absolute atomic E-state index is 12.2. The Kier molecular flexibility index (Phi) is 6.58. The molecule has 1 aliphatic carbocycles. The van der Waals surface area contributed by atoms with Gasteiger partial charge < -0.3 is 10.5 Å². The second-order valence-corrected chi connectivity index (χ2v) is 8.12. The minimum atomic E-state index is -0.361. The summed E-state index contributed by atoms with van der Waals surface area (Å²) in [5.41, 5.74) is 12.5. The Morgan fingerprint density at radius 3 is 2.52 bits per heavy atom. The van der Waals surface area contributed by atoms with Crippen LogP contribution in [0.5, 0.6) is 5.75 Å². The molecule has 3 heteroatoms. The van der Waals surface area contributed by atoms with Crippen molar-refractivity contribution < 1.29 is 9.53 Å². The molecule has 3 nitrogen and oxygen atoms in total. The first-order valence-electron chi connectivity index (χ1n) is 10.3. The molecule has 1 aliphatic rings. The number of aryl methyl sites for hydroxylation is 1. The fourth-order valence-corrected chi connectivity index (χ4v) is 4.42. The molecule has 0 fully saturated rings. The zero-order valence-electron chi connectivity index (χ0n) is 17.7. The highest BCUT2D eigenvalue weighted by molar-refractivity contribution is 5.94. The van der Waals surface area contributed by atoms with Crippen LogP contribution in [-0.2, 0) is 12.8 Å². The van der Waals surface area contributed by atoms with E-state index in [9.17, 15) is 4.79 Å². The number of hydrogen-bond acceptors (Lipinski definition) is 2. The van der Waals surface area contributed by atoms with Gasteiger partial charge in [0.15, 0.2) is 0 Å². The number of ether oxygens (including phenoxy) is 1. The van der Waals surface area contributed by atoms with Crippen LogP contribution in [-0.4, -0.2) is 13.0 Å². The number of amides is 1. The molecule has 2 N–H and O–H groups in total. The predicted molar refractivity (Wildman–Crippen MR) is 119 cm³/mol. The maximum Gasteiger partial charge on any atom is 0.248 e. The summed E-state index contributed by atoms with van der Waals surface area (Å²) >= 11 is 0. The quantitative estimate of drug-likeness (QED) is 0.627. The largest absolute Gasteiger partial charge is 0.497 e. The van der Waals surface area contributed by atoms with Crippen LogP contribution < -0.4 is 10.5 Å². The molecule has 0 aliphatic heterocycles. The molecule has 0 bridgehead atoms. The minimum Gasteiger partial charge on any atom is -0.497 e. The lowest BCUT2D eigenvalue weighted by Gasteiger charge is -2.32. The first-order chi connectivity index (χ1) is 13.9. The second-order valence-electron chi connectivity index (χ2n) is 8.12. The third kappa shape index (κ3) is 4.79. The van der Waals surface area contributed by atoms with Crippen molar-refractivity contribution in [3.8, 4) is 5.75 Å². The number of allylic oxidation sites excluding steroid dienone is 3. The fraction of sp³-hybridized carbons (Fsp3) is 0.346. The van der Waals surface area contributed by atoms with Crippen LogP contribution >= 0.6 is 0 Å². The zero-order chi connectivity index (χ0) is 21.0. The molecule has 2 unspecified atom stereocenters. The van der Waals surface area contributed by atoms with E-state index in [0.717, 1.165) is 37.0 Å². The van der Waals surface area contributed by atoms with Gasteiger partial charge in [0.1, 0.15) is 5.75 Å². The van der Waals surface area contributed by atoms with Gasteiger partial charge in [-0.2, -0.15) is 0 Å². The van der Waals surface area contributed by atoms with Crippen LogP contribution in [0.4, 0.5) is 0 Å². The van der Waals surface area contributed by atoms with Crippen molar-refractivity contribution in [3.05, 3.63) is 88.5 Å². The van der Waals surface area contributed by atoms with Gasteiger partial charge in [0.25, 0.3) is 0 Å². The summed E-state index contributed by atoms with van der Waals surface area (Å²) in [6.45, 7) is 8.55. The van der Waals surface area contributed by atoms with Gasteiger partial charge in [0.05, 0.1) is 7.11 Å². The van der Waals surface area contributed by atoms with Gasteiger partial charge in [-0.1, -0.05) is 48.1 Å². The summed E-state index contributed by atoms with van der Waals surface area (Å²) in [6, 6.07) is 14.1. The van der Waals surface area contributed by atoms with Crippen LogP contribution in [0.15, 0.2) is 66.3 Å². The van der Waals surface area contributed by atoms with Gasteiger partial charge in [0.2, 0.25) is 5.91 Å². The summed E-state index contributed by atoms with van der Waals surface area (Å²) in [4.78, 5) is 12.2. The Bertz CT molecular complexity index is 924. The molecule has 0 heterocycles. The van der Waals surface area contributed by atoms with Gasteiger partial charge in [-0.05, 0) is 80.3 Å². The highest BCUT2D eigenvalue weighted by Crippen LogP contribution is 2.41. The average Bonchev–Trinajstić information content (AvgIpc) is 2.72. The highest BCUT2D eigenvalue weighted by Gasteiger charge is 2.28. The fourth-order valence-electron chi connectivity index (χ4n) is 4.42. The van der Waals surface area contributed by atoms with Gasteiger partial charge >= 0.3 is 0 Å². The zero-order valence-corrected chi connectivity index (χ0v) is 17.7. The molecular weight excluding hydrogens is 358 g/mol. The maximum atomic E-state index is 12.2. The SMILES string of the molecule is C=C(C)C1CCC(C)=CC1c1cccc(C(N)=O)c1CCc1ccc(OC)cc1. The number of hydrogen-bond donors (Lipinski definition) is 1. The third-order valence-corrected chi connectivity index (χ3v) is 6.04. The Hall–Kier alpha value is -2.81. The lowest BCUT2D eigenvalue weighted by molar-refractivity contribution is 0.0999. The molecule has 0 aromatic heterocycles. The van der Waals surface area contributed by atoms with E-state index in [1.807, 2.05) is 24.3 Å². The average molecular weight is 390 g/mol. The van der Waals surface area contributed by atoms with E-state index in [1.54, 1.807) is 7.11 Å². The van der Waals surface area contributed by atoms with Crippen LogP contribution in [0.25, 0.3) is 0 Å². The van der Waals surface area contributed by atoms with Gasteiger partial charge in [0, 0.05) is 11.5 Å². The molecule has 0 spiro atoms. The molecule has 2 aromatic rings. The van der Waals surface area contributed by atoms with Crippen LogP contribution in [0.1, 0.15) is 59.7 Å². The summed E-state index contributed by atoms with van der Waals surface area (Å²) in [7, 11) is 1.67. The number of primary amides is 1. The van der Waals surface area contributed by atoms with Crippen molar-refractivity contribution in [3.63, 3.8) is 0 Å². The van der Waals surface area contributed by atoms with E-state index in [4.69, 9.17) is 10.5 Å². The number of rotatable bonds is 7. The van der Waals surface area contributed by atoms with Crippen LogP contribution in [0.3, 0.4) is 0 Å². The lowest BCUT2D eigenvalue weighted by atomic mass is 9.72. The van der Waals surface area contributed by atoms with Crippen molar-refractivity contribution in [2.45, 2.75) is 45.4 Å². The smallest absolute Gasteiger partial charge is 0.248 e. The Balaban J connectivity index is 1.98. The Labute approximate surface area is 174 Å². The third-order valence-electron chi connectivity index (χ3n) is 6.04. The number of carbonyl (C=O) groups is 1. The molecule has 152 valence electrons. The van der Waals surface area contributed by atoms with Crippen molar-refractivity contribution in [2.75, 3.05) is 7.11 Å². The molecule has 0 radical (unpaired) electrons. The summed E-state index contributed by atoms with van der Waals surface area (Å²) in [6.07, 6.45) is 6.17. The summed E-state index contributed by atoms with van der Waals surface area (Å²) in [5.74, 6) is 1.12. The van der Waals surface area contributed by atoms with Gasteiger partial charge in [-0.25, -0.2) is 0 Å². The normalized spacial score (nSPS) is 18.8. The van der Waals surface area contributed by atoms with E-state index >= 15 is 0 Å². The lowest BCUT2D eigenvalue weighted by Crippen LogP contribution is -2.21. The molecule has 29 heavy (non-hydrogen) atoms. The number of methoxy groups -OCH3 is 1. The molecular formula is C26H31NO2. The van der Waals surface area contributed by atoms with Crippen LogP contribution in [0.2, 0.25) is 0 Å². The molecule has 1 amide bonds. The first-order valence-corrected chi connectivity index (χ1v) is 10.3. The van der Waals surface area contributed by atoms with E-state index in [2.05, 4.69) is 44.7 Å². The van der Waals surface area contributed by atoms with E-state index in [1.165, 1.54) is 22.3 Å². The Morgan fingerprint density at radius 2 is 1.90 bits per heavy atom. The summed E-state index contributed by atoms with van der Waals surface area (Å²) in [5, 5.41) is 0. The number of nitrogens with two attached hydrogens (primary N) is 1. The van der Waals surface area contributed by atoms with Crippen molar-refractivity contribution in [2.24, 2.45) is 11.7 Å². The molecule has 2 aromatic carbocycles. The monoisotopic (exact) mass is 389 g/mol. The second kappa shape index (κ2) is 9.13. The predicted octanol–water partition coefficient (Wildman–Crippen LogP) is 5.60. The standard InChI is InChI=1S/C26H31NO2/c1-17(2)21-14-8-18(3)16-25(21)22-6-5-7-24(26(27)28)23(22)15-11-19-9-12-20(29-4)13-10-19/h5-7,9-10,12-13,16,21,25H,1,8,11,14-15H2,2-4H3,(H2,27,28). The van der Waals surface area contributed by atoms with Gasteiger partial charge in [-0.3, -0.25) is 4.79 Å². The number of carbonyl (C=O) groups excluding carboxylic acids is 1. The highest BCUT2D eigenvalue weighted by atomic mass is 16.5. The van der Waals surface area contributed by atoms with Crippen LogP contribution in [0, 0.1) is 5.92 Å². The molecule has 0 saturated heterocycles. The molecule has 0 saturated carbocycles. The van der Waals surface area contributed by atoms with Crippen molar-refractivity contribution >= 4 is 5.91 Å². The van der Waals surface area contributed by atoms with E-state index in [-0.39, 0.29) is 11.8 Å². The first kappa shape index (κ1) is 20.9. The van der Waals surface area contributed by atoms with E-state index < -0.39 is 0 Å². The molecule has 3 rings (SSSR count).